The van der Waals surface area contributed by atoms with Crippen LogP contribution in [0.15, 0.2) is 47.5 Å². The maximum Gasteiger partial charge on any atom is 0.187 e. The average molecular weight is 476 g/mol. The van der Waals surface area contributed by atoms with Crippen molar-refractivity contribution in [2.45, 2.75) is 19.8 Å². The third-order valence-electron chi connectivity index (χ3n) is 3.18. The lowest BCUT2D eigenvalue weighted by molar-refractivity contribution is 0.271. The van der Waals surface area contributed by atoms with Gasteiger partial charge < -0.3 is 19.8 Å². The average Bonchev–Trinajstić information content (AvgIpc) is 3.17. The monoisotopic (exact) mass is 474 g/mol. The molecular formula is C15H16Br2N4O2S. The minimum atomic E-state index is -0.0155. The van der Waals surface area contributed by atoms with E-state index in [1.165, 1.54) is 5.56 Å². The molecule has 2 heterocycles. The number of aliphatic hydroxyl groups is 2. The number of aromatic nitrogens is 4. The Bertz CT molecular complexity index is 827. The fraction of sp³-hybridized carbons (Fsp3) is 0.200. The molecule has 6 nitrogen and oxygen atoms in total. The van der Waals surface area contributed by atoms with Crippen molar-refractivity contribution in [3.05, 3.63) is 69.2 Å². The molecule has 9 heteroatoms. The van der Waals surface area contributed by atoms with E-state index in [0.29, 0.717) is 4.77 Å². The number of rotatable bonds is 4. The molecular weight excluding hydrogens is 460 g/mol. The number of benzene rings is 1. The molecule has 0 amide bonds. The van der Waals surface area contributed by atoms with Crippen LogP contribution >= 0.6 is 44.3 Å². The van der Waals surface area contributed by atoms with Crippen LogP contribution in [0.5, 0.6) is 0 Å². The molecule has 1 aromatic carbocycles. The first kappa shape index (κ1) is 19.1. The Hall–Kier alpha value is -1.26. The number of nitrogens with zero attached hydrogens (tertiary/aromatic N) is 3. The van der Waals surface area contributed by atoms with E-state index in [1.807, 2.05) is 28.8 Å². The fourth-order valence-electron chi connectivity index (χ4n) is 1.91. The van der Waals surface area contributed by atoms with Gasteiger partial charge in [-0.1, -0.05) is 28.1 Å². The molecule has 0 saturated heterocycles. The summed E-state index contributed by atoms with van der Waals surface area (Å²) in [7, 11) is 0. The summed E-state index contributed by atoms with van der Waals surface area (Å²) in [6, 6.07) is 8.10. The summed E-state index contributed by atoms with van der Waals surface area (Å²) in [6.07, 6.45) is 5.06. The SMILES string of the molecule is OCc1c[nH]c(=S)n1Br.OCc1cncn1Cc1ccc(Br)cc1. The molecule has 128 valence electrons. The summed E-state index contributed by atoms with van der Waals surface area (Å²) in [4.78, 5) is 6.76. The molecule has 2 aromatic heterocycles. The predicted molar refractivity (Wildman–Crippen MR) is 101 cm³/mol. The predicted octanol–water partition coefficient (Wildman–Crippen LogP) is 3.38. The highest BCUT2D eigenvalue weighted by molar-refractivity contribution is 9.10. The van der Waals surface area contributed by atoms with E-state index in [0.717, 1.165) is 22.4 Å². The van der Waals surface area contributed by atoms with Crippen LogP contribution in [0.4, 0.5) is 0 Å². The lowest BCUT2D eigenvalue weighted by Crippen LogP contribution is -2.02. The van der Waals surface area contributed by atoms with Gasteiger partial charge in [-0.05, 0) is 29.9 Å². The van der Waals surface area contributed by atoms with Crippen molar-refractivity contribution in [1.82, 2.24) is 18.1 Å². The van der Waals surface area contributed by atoms with E-state index in [2.05, 4.69) is 42.0 Å². The Labute approximate surface area is 161 Å². The summed E-state index contributed by atoms with van der Waals surface area (Å²) in [5.74, 6) is 0. The van der Waals surface area contributed by atoms with E-state index in [9.17, 15) is 0 Å². The summed E-state index contributed by atoms with van der Waals surface area (Å²) >= 11 is 11.3. The van der Waals surface area contributed by atoms with Crippen LogP contribution in [0.2, 0.25) is 0 Å². The van der Waals surface area contributed by atoms with Crippen LogP contribution < -0.4 is 0 Å². The first-order chi connectivity index (χ1) is 11.5. The van der Waals surface area contributed by atoms with Gasteiger partial charge in [0.15, 0.2) is 4.77 Å². The number of halogens is 2. The first-order valence-corrected chi connectivity index (χ1v) is 8.86. The van der Waals surface area contributed by atoms with Crippen molar-refractivity contribution in [3.63, 3.8) is 0 Å². The van der Waals surface area contributed by atoms with Crippen LogP contribution in [0.3, 0.4) is 0 Å². The minimum Gasteiger partial charge on any atom is -0.390 e. The second-order valence-corrected chi connectivity index (χ2v) is 6.83. The van der Waals surface area contributed by atoms with Gasteiger partial charge in [0.05, 0.1) is 53.3 Å². The third-order valence-corrected chi connectivity index (χ3v) is 5.06. The zero-order valence-corrected chi connectivity index (χ0v) is 16.6. The molecule has 24 heavy (non-hydrogen) atoms. The highest BCUT2D eigenvalue weighted by Gasteiger charge is 2.01. The maximum atomic E-state index is 9.06. The number of hydrogen-bond donors (Lipinski definition) is 3. The Morgan fingerprint density at radius 2 is 1.79 bits per heavy atom. The molecule has 0 unspecified atom stereocenters. The number of imidazole rings is 2. The van der Waals surface area contributed by atoms with E-state index in [4.69, 9.17) is 22.4 Å². The molecule has 0 radical (unpaired) electrons. The highest BCUT2D eigenvalue weighted by atomic mass is 79.9. The van der Waals surface area contributed by atoms with Crippen molar-refractivity contribution in [3.8, 4) is 0 Å². The third kappa shape index (κ3) is 5.12. The van der Waals surface area contributed by atoms with Gasteiger partial charge in [-0.2, -0.15) is 0 Å². The van der Waals surface area contributed by atoms with Crippen molar-refractivity contribution < 1.29 is 10.2 Å². The smallest absolute Gasteiger partial charge is 0.187 e. The van der Waals surface area contributed by atoms with E-state index in [1.54, 1.807) is 22.3 Å². The van der Waals surface area contributed by atoms with Gasteiger partial charge in [0.25, 0.3) is 0 Å². The molecule has 0 fully saturated rings. The van der Waals surface area contributed by atoms with Gasteiger partial charge in [-0.15, -0.1) is 0 Å². The van der Waals surface area contributed by atoms with Crippen molar-refractivity contribution in [2.24, 2.45) is 0 Å². The Morgan fingerprint density at radius 3 is 2.29 bits per heavy atom. The van der Waals surface area contributed by atoms with Crippen LogP contribution in [0.25, 0.3) is 0 Å². The number of aliphatic hydroxyl groups excluding tert-OH is 2. The number of nitrogens with one attached hydrogen (secondary N) is 1. The van der Waals surface area contributed by atoms with Crippen molar-refractivity contribution in [1.29, 1.82) is 0 Å². The van der Waals surface area contributed by atoms with E-state index in [-0.39, 0.29) is 13.2 Å². The van der Waals surface area contributed by atoms with Gasteiger partial charge in [0.2, 0.25) is 0 Å². The molecule has 0 spiro atoms. The molecule has 3 N–H and O–H groups in total. The summed E-state index contributed by atoms with van der Waals surface area (Å²) < 4.78 is 5.10. The zero-order valence-electron chi connectivity index (χ0n) is 12.6. The molecule has 3 rings (SSSR count). The molecule has 0 aliphatic rings. The molecule has 0 bridgehead atoms. The molecule has 0 atom stereocenters. The van der Waals surface area contributed by atoms with Gasteiger partial charge in [-0.3, -0.25) is 3.59 Å². The molecule has 0 aliphatic carbocycles. The lowest BCUT2D eigenvalue weighted by atomic mass is 10.2. The second-order valence-electron chi connectivity index (χ2n) is 4.82. The first-order valence-electron chi connectivity index (χ1n) is 6.95. The molecule has 0 aliphatic heterocycles. The van der Waals surface area contributed by atoms with Crippen LogP contribution in [0, 0.1) is 4.77 Å². The van der Waals surface area contributed by atoms with Crippen molar-refractivity contribution >= 4 is 44.3 Å². The van der Waals surface area contributed by atoms with Crippen molar-refractivity contribution in [2.75, 3.05) is 0 Å². The normalized spacial score (nSPS) is 10.3. The van der Waals surface area contributed by atoms with Gasteiger partial charge in [0, 0.05) is 17.2 Å². The largest absolute Gasteiger partial charge is 0.390 e. The molecule has 3 aromatic rings. The fourth-order valence-corrected chi connectivity index (χ4v) is 2.66. The number of H-pyrrole nitrogens is 1. The van der Waals surface area contributed by atoms with Crippen LogP contribution in [-0.4, -0.2) is 28.3 Å². The molecule has 0 saturated carbocycles. The maximum absolute atomic E-state index is 9.06. The summed E-state index contributed by atoms with van der Waals surface area (Å²) in [5.41, 5.74) is 2.74. The minimum absolute atomic E-state index is 0.0155. The number of aromatic amines is 1. The van der Waals surface area contributed by atoms with Gasteiger partial charge in [-0.25, -0.2) is 4.98 Å². The summed E-state index contributed by atoms with van der Waals surface area (Å²) in [6.45, 7) is 0.748. The van der Waals surface area contributed by atoms with Crippen LogP contribution in [0.1, 0.15) is 17.0 Å². The quantitative estimate of drug-likeness (QED) is 0.505. The zero-order chi connectivity index (χ0) is 17.5. The number of hydrogen-bond acceptors (Lipinski definition) is 4. The van der Waals surface area contributed by atoms with E-state index < -0.39 is 0 Å². The Balaban J connectivity index is 0.000000198. The lowest BCUT2D eigenvalue weighted by Gasteiger charge is -2.06. The van der Waals surface area contributed by atoms with Gasteiger partial charge in [0.1, 0.15) is 0 Å². The Morgan fingerprint density at radius 1 is 1.12 bits per heavy atom. The highest BCUT2D eigenvalue weighted by Crippen LogP contribution is 2.12. The van der Waals surface area contributed by atoms with Crippen LogP contribution in [-0.2, 0) is 19.8 Å². The standard InChI is InChI=1S/C11H11BrN2O.C4H5BrN2OS/c12-10-3-1-9(2-4-10)6-14-8-13-5-11(14)7-15;5-7-3(2-8)1-6-4(7)9/h1-5,8,15H,6-7H2;1,8H,2H2,(H,6,9). The summed E-state index contributed by atoms with van der Waals surface area (Å²) in [5, 5.41) is 17.7. The topological polar surface area (TPSA) is 79.0 Å². The van der Waals surface area contributed by atoms with E-state index >= 15 is 0 Å². The second kappa shape index (κ2) is 9.28. The van der Waals surface area contributed by atoms with Gasteiger partial charge >= 0.3 is 0 Å². The Kier molecular flexibility index (Phi) is 7.38.